The van der Waals surface area contributed by atoms with Crippen molar-refractivity contribution in [3.63, 3.8) is 0 Å². The number of phenolic OH excluding ortho intramolecular Hbond substituents is 1. The number of phenols is 1. The number of ketones is 2. The molecule has 6 rings (SSSR count). The van der Waals surface area contributed by atoms with E-state index < -0.39 is 101 Å². The van der Waals surface area contributed by atoms with E-state index in [0.717, 1.165) is 0 Å². The highest BCUT2D eigenvalue weighted by Gasteiger charge is 2.60. The number of benzene rings is 2. The Bertz CT molecular complexity index is 1820. The standard InChI is InChI=1S/C34H39N3O13/c1-37(2)18-10-17(36-11-13-5-3-4-6-20(13)49-33-29(44)28(43)26(41)21(12-38)50-33)25(40)23-16(18)8-14-7-15-9-19(39)24(32(35)47)31(46)34(15,48)30(45)22(14)27(23)42/h3-6,10,14-15,21,26,28-29,33,36,38,40-44,46,48H,7-9,11-12H2,1-2H3,(H2,35,47). The molecule has 1 heterocycles. The number of rotatable bonds is 8. The zero-order chi connectivity index (χ0) is 36.4. The largest absolute Gasteiger partial charge is 0.508 e. The van der Waals surface area contributed by atoms with Crippen molar-refractivity contribution in [2.45, 2.75) is 62.1 Å². The third-order valence-electron chi connectivity index (χ3n) is 10.1. The van der Waals surface area contributed by atoms with E-state index in [1.165, 1.54) is 0 Å². The molecule has 0 spiro atoms. The fourth-order valence-electron chi connectivity index (χ4n) is 7.45. The van der Waals surface area contributed by atoms with Crippen LogP contribution < -0.4 is 20.7 Å². The van der Waals surface area contributed by atoms with E-state index in [1.807, 2.05) is 0 Å². The maximum Gasteiger partial charge on any atom is 0.255 e. The first-order valence-electron chi connectivity index (χ1n) is 15.9. The Morgan fingerprint density at radius 2 is 1.78 bits per heavy atom. The number of ether oxygens (including phenoxy) is 2. The number of primary amides is 1. The zero-order valence-corrected chi connectivity index (χ0v) is 27.1. The van der Waals surface area contributed by atoms with Gasteiger partial charge in [-0.15, -0.1) is 0 Å². The van der Waals surface area contributed by atoms with Gasteiger partial charge in [0.15, 0.2) is 11.4 Å². The summed E-state index contributed by atoms with van der Waals surface area (Å²) in [6.45, 7) is -0.642. The number of hydrogen-bond acceptors (Lipinski definition) is 15. The van der Waals surface area contributed by atoms with Gasteiger partial charge in [0.25, 0.3) is 5.91 Å². The molecule has 0 bridgehead atoms. The van der Waals surface area contributed by atoms with Crippen molar-refractivity contribution in [1.82, 2.24) is 0 Å². The Morgan fingerprint density at radius 1 is 1.08 bits per heavy atom. The van der Waals surface area contributed by atoms with Crippen LogP contribution in [-0.2, 0) is 32.1 Å². The number of hydrogen-bond donors (Lipinski definition) is 10. The molecule has 4 aliphatic rings. The number of carbonyl (C=O) groups excluding carboxylic acids is 3. The van der Waals surface area contributed by atoms with Gasteiger partial charge in [0.2, 0.25) is 12.1 Å². The number of nitrogens with one attached hydrogen (secondary N) is 1. The number of anilines is 2. The van der Waals surface area contributed by atoms with Crippen molar-refractivity contribution < 1.29 is 64.7 Å². The smallest absolute Gasteiger partial charge is 0.255 e. The second-order valence-electron chi connectivity index (χ2n) is 13.2. The summed E-state index contributed by atoms with van der Waals surface area (Å²) in [7, 11) is 3.49. The van der Waals surface area contributed by atoms with Crippen LogP contribution >= 0.6 is 0 Å². The molecule has 0 aromatic heterocycles. The SMILES string of the molecule is CN(C)c1cc(NCc2ccccc2OC2OC(CO)C(O)C(O)C2O)c(O)c2c1CC1CC3CC(=O)C(C(N)=O)=C(O)C3(O)C(=O)C1=C2O. The van der Waals surface area contributed by atoms with Crippen molar-refractivity contribution >= 4 is 34.6 Å². The molecule has 268 valence electrons. The lowest BCUT2D eigenvalue weighted by Gasteiger charge is -2.46. The van der Waals surface area contributed by atoms with Gasteiger partial charge in [-0.1, -0.05) is 18.2 Å². The average molecular weight is 698 g/mol. The van der Waals surface area contributed by atoms with Crippen LogP contribution in [0.3, 0.4) is 0 Å². The van der Waals surface area contributed by atoms with Crippen molar-refractivity contribution in [2.75, 3.05) is 30.9 Å². The summed E-state index contributed by atoms with van der Waals surface area (Å²) in [5.41, 5.74) is 3.05. The Morgan fingerprint density at radius 3 is 2.44 bits per heavy atom. The molecule has 2 fully saturated rings. The number of amides is 1. The molecule has 2 aromatic carbocycles. The minimum Gasteiger partial charge on any atom is -0.508 e. The summed E-state index contributed by atoms with van der Waals surface area (Å²) in [6.07, 6.45) is -7.78. The minimum atomic E-state index is -2.68. The van der Waals surface area contributed by atoms with Crippen LogP contribution in [0.1, 0.15) is 29.5 Å². The molecule has 1 saturated carbocycles. The highest BCUT2D eigenvalue weighted by molar-refractivity contribution is 6.22. The van der Waals surface area contributed by atoms with Crippen LogP contribution in [0.25, 0.3) is 5.76 Å². The van der Waals surface area contributed by atoms with Gasteiger partial charge in [-0.25, -0.2) is 0 Å². The third kappa shape index (κ3) is 5.44. The maximum absolute atomic E-state index is 13.9. The summed E-state index contributed by atoms with van der Waals surface area (Å²) in [6, 6.07) is 8.22. The van der Waals surface area contributed by atoms with Gasteiger partial charge in [-0.05, 0) is 36.5 Å². The van der Waals surface area contributed by atoms with Gasteiger partial charge in [-0.3, -0.25) is 14.4 Å². The van der Waals surface area contributed by atoms with Gasteiger partial charge < -0.3 is 66.3 Å². The predicted molar refractivity (Wildman–Crippen MR) is 174 cm³/mol. The first-order valence-corrected chi connectivity index (χ1v) is 15.9. The Labute approximate surface area is 285 Å². The molecule has 1 saturated heterocycles. The molecule has 16 heteroatoms. The van der Waals surface area contributed by atoms with Crippen LogP contribution in [0.2, 0.25) is 0 Å². The molecule has 0 radical (unpaired) electrons. The van der Waals surface area contributed by atoms with E-state index in [-0.39, 0.29) is 42.0 Å². The molecule has 1 amide bonds. The van der Waals surface area contributed by atoms with E-state index in [2.05, 4.69) is 5.32 Å². The highest BCUT2D eigenvalue weighted by atomic mass is 16.7. The first kappa shape index (κ1) is 35.1. The number of para-hydroxylation sites is 1. The Balaban J connectivity index is 1.34. The molecular formula is C34H39N3O13. The molecule has 11 N–H and O–H groups in total. The van der Waals surface area contributed by atoms with Crippen LogP contribution in [0, 0.1) is 11.8 Å². The quantitative estimate of drug-likeness (QED) is 0.120. The predicted octanol–water partition coefficient (Wildman–Crippen LogP) is -0.719. The number of aliphatic hydroxyl groups is 7. The molecule has 2 aromatic rings. The molecule has 8 unspecified atom stereocenters. The third-order valence-corrected chi connectivity index (χ3v) is 10.1. The second-order valence-corrected chi connectivity index (χ2v) is 13.2. The number of Topliss-reactive ketones (excluding diaryl/α,β-unsaturated/α-hetero) is 2. The summed E-state index contributed by atoms with van der Waals surface area (Å²) in [5, 5.41) is 89.0. The lowest BCUT2D eigenvalue weighted by Crippen LogP contribution is -2.60. The van der Waals surface area contributed by atoms with Gasteiger partial charge in [0, 0.05) is 49.8 Å². The van der Waals surface area contributed by atoms with Crippen molar-refractivity contribution in [2.24, 2.45) is 17.6 Å². The van der Waals surface area contributed by atoms with Crippen LogP contribution in [0.15, 0.2) is 47.2 Å². The highest BCUT2D eigenvalue weighted by Crippen LogP contribution is 2.54. The fourth-order valence-corrected chi connectivity index (χ4v) is 7.45. The lowest BCUT2D eigenvalue weighted by molar-refractivity contribution is -0.277. The van der Waals surface area contributed by atoms with E-state index in [4.69, 9.17) is 15.2 Å². The average Bonchev–Trinajstić information content (AvgIpc) is 3.06. The number of aliphatic hydroxyl groups excluding tert-OH is 6. The summed E-state index contributed by atoms with van der Waals surface area (Å²) in [4.78, 5) is 40.3. The van der Waals surface area contributed by atoms with Gasteiger partial charge in [0.1, 0.15) is 53.0 Å². The van der Waals surface area contributed by atoms with E-state index in [1.54, 1.807) is 49.3 Å². The number of fused-ring (bicyclic) bond motifs is 3. The topological polar surface area (TPSA) is 273 Å². The maximum atomic E-state index is 13.9. The normalized spacial score (nSPS) is 30.7. The lowest BCUT2D eigenvalue weighted by atomic mass is 9.59. The van der Waals surface area contributed by atoms with Gasteiger partial charge in [-0.2, -0.15) is 0 Å². The van der Waals surface area contributed by atoms with Crippen molar-refractivity contribution in [3.05, 3.63) is 63.9 Å². The van der Waals surface area contributed by atoms with Gasteiger partial charge in [0.05, 0.1) is 17.9 Å². The summed E-state index contributed by atoms with van der Waals surface area (Å²) in [5.74, 6) is -7.00. The fraction of sp³-hybridized carbons (Fsp3) is 0.441. The van der Waals surface area contributed by atoms with Crippen LogP contribution in [0.4, 0.5) is 11.4 Å². The monoisotopic (exact) mass is 697 g/mol. The van der Waals surface area contributed by atoms with E-state index in [9.17, 15) is 55.2 Å². The second kappa shape index (κ2) is 12.9. The Kier molecular flexibility index (Phi) is 9.05. The number of nitrogens with zero attached hydrogens (tertiary/aromatic N) is 1. The Hall–Kier alpha value is -4.71. The van der Waals surface area contributed by atoms with Gasteiger partial charge >= 0.3 is 0 Å². The minimum absolute atomic E-state index is 0.00176. The van der Waals surface area contributed by atoms with Crippen molar-refractivity contribution in [1.29, 1.82) is 0 Å². The molecular weight excluding hydrogens is 658 g/mol. The van der Waals surface area contributed by atoms with Crippen LogP contribution in [0.5, 0.6) is 11.5 Å². The number of carbonyl (C=O) groups is 3. The molecule has 50 heavy (non-hydrogen) atoms. The molecule has 8 atom stereocenters. The molecule has 1 aliphatic heterocycles. The van der Waals surface area contributed by atoms with E-state index in [0.29, 0.717) is 16.8 Å². The first-order chi connectivity index (χ1) is 23.6. The summed E-state index contributed by atoms with van der Waals surface area (Å²) >= 11 is 0. The zero-order valence-electron chi connectivity index (χ0n) is 27.1. The number of aromatic hydroxyl groups is 1. The van der Waals surface area contributed by atoms with Crippen molar-refractivity contribution in [3.8, 4) is 11.5 Å². The van der Waals surface area contributed by atoms with E-state index >= 15 is 0 Å². The summed E-state index contributed by atoms with van der Waals surface area (Å²) < 4.78 is 11.3. The number of nitrogens with two attached hydrogens (primary N) is 1. The molecule has 3 aliphatic carbocycles. The van der Waals surface area contributed by atoms with Crippen LogP contribution in [-0.4, -0.2) is 115 Å². The molecule has 16 nitrogen and oxygen atoms in total.